The summed E-state index contributed by atoms with van der Waals surface area (Å²) in [5.41, 5.74) is 0. The molecule has 0 atom stereocenters. The first kappa shape index (κ1) is 17.8. The monoisotopic (exact) mass is 402 g/mol. The second kappa shape index (κ2) is 7.11. The zero-order chi connectivity index (χ0) is 17.4. The molecule has 24 heavy (non-hydrogen) atoms. The van der Waals surface area contributed by atoms with E-state index < -0.39 is 0 Å². The van der Waals surface area contributed by atoms with Crippen molar-refractivity contribution < 1.29 is 10.2 Å². The van der Waals surface area contributed by atoms with Crippen LogP contribution >= 0.6 is 45.3 Å². The minimum Gasteiger partial charge on any atom is -0.505 e. The molecule has 0 aliphatic heterocycles. The van der Waals surface area contributed by atoms with Gasteiger partial charge in [0.2, 0.25) is 0 Å². The molecule has 3 rings (SSSR count). The minimum atomic E-state index is 0.317. The molecule has 0 fully saturated rings. The van der Waals surface area contributed by atoms with Crippen molar-refractivity contribution in [3.63, 3.8) is 0 Å². The van der Waals surface area contributed by atoms with Gasteiger partial charge in [-0.05, 0) is 27.7 Å². The highest BCUT2D eigenvalue weighted by Crippen LogP contribution is 2.46. The van der Waals surface area contributed by atoms with Crippen LogP contribution in [0.1, 0.15) is 27.7 Å². The van der Waals surface area contributed by atoms with E-state index in [4.69, 9.17) is 0 Å². The van der Waals surface area contributed by atoms with Crippen LogP contribution in [0.5, 0.6) is 11.5 Å². The van der Waals surface area contributed by atoms with Gasteiger partial charge in [-0.15, -0.1) is 0 Å². The lowest BCUT2D eigenvalue weighted by atomic mass is 10.3. The number of rotatable bonds is 4. The molecular formula is C16H22N2O2S4+2. The van der Waals surface area contributed by atoms with Crippen molar-refractivity contribution in [3.8, 4) is 11.5 Å². The summed E-state index contributed by atoms with van der Waals surface area (Å²) in [6, 6.07) is 0. The van der Waals surface area contributed by atoms with Gasteiger partial charge in [-0.2, -0.15) is 0 Å². The van der Waals surface area contributed by atoms with E-state index in [0.717, 1.165) is 52.9 Å². The van der Waals surface area contributed by atoms with Gasteiger partial charge in [-0.3, -0.25) is 0 Å². The predicted octanol–water partition coefficient (Wildman–Crippen LogP) is 3.27. The Kier molecular flexibility index (Phi) is 5.29. The maximum atomic E-state index is 10.8. The summed E-state index contributed by atoms with van der Waals surface area (Å²) in [5.74, 6) is 0.634. The van der Waals surface area contributed by atoms with Crippen molar-refractivity contribution in [3.05, 3.63) is 7.97 Å². The molecule has 130 valence electrons. The van der Waals surface area contributed by atoms with Crippen molar-refractivity contribution >= 4 is 64.1 Å². The van der Waals surface area contributed by atoms with E-state index in [0.29, 0.717) is 11.5 Å². The van der Waals surface area contributed by atoms with Crippen LogP contribution in [-0.2, 0) is 0 Å². The molecule has 0 saturated carbocycles. The summed E-state index contributed by atoms with van der Waals surface area (Å²) in [7, 11) is 0. The van der Waals surface area contributed by atoms with Gasteiger partial charge in [-0.25, -0.2) is 9.15 Å². The fraction of sp³-hybridized carbons (Fsp3) is 0.500. The topological polar surface area (TPSA) is 46.5 Å². The van der Waals surface area contributed by atoms with Gasteiger partial charge in [-0.1, -0.05) is 45.3 Å². The van der Waals surface area contributed by atoms with Crippen molar-refractivity contribution in [2.24, 2.45) is 0 Å². The first-order valence-corrected chi connectivity index (χ1v) is 11.4. The van der Waals surface area contributed by atoms with E-state index in [-0.39, 0.29) is 0 Å². The number of phenols is 2. The molecular weight excluding hydrogens is 380 g/mol. The molecule has 4 nitrogen and oxygen atoms in total. The zero-order valence-corrected chi connectivity index (χ0v) is 17.5. The third-order valence-corrected chi connectivity index (χ3v) is 9.47. The van der Waals surface area contributed by atoms with E-state index in [1.165, 1.54) is 0 Å². The summed E-state index contributed by atoms with van der Waals surface area (Å²) in [6.45, 7) is 12.2. The predicted molar refractivity (Wildman–Crippen MR) is 109 cm³/mol. The van der Waals surface area contributed by atoms with Crippen LogP contribution in [0.2, 0.25) is 0 Å². The lowest BCUT2D eigenvalue weighted by molar-refractivity contribution is 0.481. The van der Waals surface area contributed by atoms with Crippen LogP contribution in [0.15, 0.2) is 0 Å². The Morgan fingerprint density at radius 1 is 0.583 bits per heavy atom. The van der Waals surface area contributed by atoms with Gasteiger partial charge >= 0.3 is 7.97 Å². The standard InChI is InChI=1S/C16H20N2O2S4/c1-5-17(6-2)15-21-11-9(19)13-14(10(20)12(11)22-15)24-16(23-13)18(7-3)8-4/h5-8H2,1-4H3/p+2. The maximum absolute atomic E-state index is 10.8. The molecule has 2 aromatic heterocycles. The fourth-order valence-electron chi connectivity index (χ4n) is 2.63. The Morgan fingerprint density at radius 2 is 0.833 bits per heavy atom. The van der Waals surface area contributed by atoms with Gasteiger partial charge < -0.3 is 10.2 Å². The first-order chi connectivity index (χ1) is 11.5. The Balaban J connectivity index is 2.44. The van der Waals surface area contributed by atoms with Crippen LogP contribution in [0.25, 0.3) is 18.8 Å². The second-order valence-electron chi connectivity index (χ2n) is 5.30. The number of benzene rings is 1. The summed E-state index contributed by atoms with van der Waals surface area (Å²) in [6.07, 6.45) is 0. The molecule has 0 aliphatic rings. The van der Waals surface area contributed by atoms with Gasteiger partial charge in [0.1, 0.15) is 26.2 Å². The van der Waals surface area contributed by atoms with Crippen molar-refractivity contribution in [1.29, 1.82) is 0 Å². The van der Waals surface area contributed by atoms with Crippen LogP contribution < -0.4 is 17.1 Å². The molecule has 0 unspecified atom stereocenters. The van der Waals surface area contributed by atoms with Crippen LogP contribution in [-0.4, -0.2) is 36.4 Å². The average molecular weight is 403 g/mol. The molecule has 0 spiro atoms. The number of phenolic OH excluding ortho intramolecular Hbond substituents is 2. The summed E-state index contributed by atoms with van der Waals surface area (Å²) in [5, 5.41) is 21.6. The molecule has 0 radical (unpaired) electrons. The SMILES string of the molecule is CC[N+](CC)=c1sc2c(O)c3sc(=[N+](CC)CC)sc3c(O)c2s1. The number of aromatic hydroxyl groups is 2. The molecule has 0 bridgehead atoms. The molecule has 3 aromatic rings. The Hall–Kier alpha value is -0.960. The quantitative estimate of drug-likeness (QED) is 0.520. The molecule has 0 saturated heterocycles. The summed E-state index contributed by atoms with van der Waals surface area (Å²) >= 11 is 6.29. The van der Waals surface area contributed by atoms with E-state index in [2.05, 4.69) is 36.8 Å². The van der Waals surface area contributed by atoms with Gasteiger partial charge in [0.05, 0.1) is 18.8 Å². The van der Waals surface area contributed by atoms with E-state index >= 15 is 0 Å². The number of hydrogen-bond acceptors (Lipinski definition) is 6. The van der Waals surface area contributed by atoms with Crippen LogP contribution in [0.4, 0.5) is 0 Å². The number of fused-ring (bicyclic) bond motifs is 2. The highest BCUT2D eigenvalue weighted by Gasteiger charge is 2.22. The Bertz CT molecular complexity index is 881. The molecule has 8 heteroatoms. The number of nitrogens with zero attached hydrogens (tertiary/aromatic N) is 2. The van der Waals surface area contributed by atoms with Crippen LogP contribution in [0, 0.1) is 0 Å². The normalized spacial score (nSPS) is 11.5. The molecule has 1 aromatic carbocycles. The van der Waals surface area contributed by atoms with E-state index in [9.17, 15) is 10.2 Å². The molecule has 2 heterocycles. The van der Waals surface area contributed by atoms with Crippen molar-refractivity contribution in [1.82, 2.24) is 9.15 Å². The third-order valence-electron chi connectivity index (χ3n) is 4.07. The second-order valence-corrected chi connectivity index (χ2v) is 9.81. The lowest BCUT2D eigenvalue weighted by Crippen LogP contribution is -2.25. The highest BCUT2D eigenvalue weighted by molar-refractivity contribution is 7.39. The highest BCUT2D eigenvalue weighted by atomic mass is 32.2. The third kappa shape index (κ3) is 2.79. The Morgan fingerprint density at radius 3 is 1.04 bits per heavy atom. The molecule has 0 aliphatic carbocycles. The zero-order valence-electron chi connectivity index (χ0n) is 14.3. The van der Waals surface area contributed by atoms with E-state index in [1.807, 2.05) is 0 Å². The van der Waals surface area contributed by atoms with Gasteiger partial charge in [0.15, 0.2) is 11.5 Å². The summed E-state index contributed by atoms with van der Waals surface area (Å²) < 4.78 is 9.97. The lowest BCUT2D eigenvalue weighted by Gasteiger charge is -1.98. The van der Waals surface area contributed by atoms with Gasteiger partial charge in [0.25, 0.3) is 0 Å². The van der Waals surface area contributed by atoms with E-state index in [1.54, 1.807) is 45.3 Å². The first-order valence-electron chi connectivity index (χ1n) is 8.12. The summed E-state index contributed by atoms with van der Waals surface area (Å²) in [4.78, 5) is 0. The number of hydrogen-bond donors (Lipinski definition) is 2. The van der Waals surface area contributed by atoms with Crippen LogP contribution in [0.3, 0.4) is 0 Å². The molecule has 0 amide bonds. The maximum Gasteiger partial charge on any atom is 0.315 e. The smallest absolute Gasteiger partial charge is 0.315 e. The Labute approximate surface area is 156 Å². The van der Waals surface area contributed by atoms with Crippen molar-refractivity contribution in [2.75, 3.05) is 26.2 Å². The minimum absolute atomic E-state index is 0.317. The largest absolute Gasteiger partial charge is 0.505 e. The molecule has 2 N–H and O–H groups in total. The van der Waals surface area contributed by atoms with Gasteiger partial charge in [0, 0.05) is 0 Å². The van der Waals surface area contributed by atoms with Crippen molar-refractivity contribution in [2.45, 2.75) is 27.7 Å². The fourth-order valence-corrected chi connectivity index (χ4v) is 8.39. The average Bonchev–Trinajstić information content (AvgIpc) is 3.21.